The smallest absolute Gasteiger partial charge is 0.253 e. The molecule has 1 heterocycles. The van der Waals surface area contributed by atoms with E-state index in [1.807, 2.05) is 13.0 Å². The van der Waals surface area contributed by atoms with Gasteiger partial charge in [-0.05, 0) is 68.5 Å². The van der Waals surface area contributed by atoms with Crippen LogP contribution in [0.2, 0.25) is 0 Å². The number of rotatable bonds is 6. The largest absolute Gasteiger partial charge is 0.494 e. The van der Waals surface area contributed by atoms with E-state index in [-0.39, 0.29) is 18.4 Å². The van der Waals surface area contributed by atoms with Crippen LogP contribution < -0.4 is 15.4 Å². The van der Waals surface area contributed by atoms with E-state index in [1.54, 1.807) is 30.3 Å². The Labute approximate surface area is 169 Å². The summed E-state index contributed by atoms with van der Waals surface area (Å²) >= 11 is 0. The Morgan fingerprint density at radius 3 is 2.66 bits per heavy atom. The molecule has 0 atom stereocenters. The lowest BCUT2D eigenvalue weighted by Gasteiger charge is -2.10. The number of aromatic nitrogens is 1. The molecule has 0 radical (unpaired) electrons. The SMILES string of the molecule is CCOc1ccc(NC(=O)CNC(=O)c2cccc3c4c([nH]c23)CCCC4)cc1. The summed E-state index contributed by atoms with van der Waals surface area (Å²) in [6, 6.07) is 12.9. The standard InChI is InChI=1S/C23H25N3O3/c1-2-29-16-12-10-15(11-13-16)25-21(27)14-24-23(28)19-8-5-7-18-17-6-3-4-9-20(17)26-22(18)19/h5,7-8,10-13,26H,2-4,6,9,14H2,1H3,(H,24,28)(H,25,27). The zero-order valence-corrected chi connectivity index (χ0v) is 16.5. The number of amides is 2. The molecule has 0 saturated heterocycles. The molecule has 0 spiro atoms. The van der Waals surface area contributed by atoms with Crippen molar-refractivity contribution >= 4 is 28.4 Å². The summed E-state index contributed by atoms with van der Waals surface area (Å²) in [7, 11) is 0. The molecule has 150 valence electrons. The first-order chi connectivity index (χ1) is 14.2. The minimum Gasteiger partial charge on any atom is -0.494 e. The number of aryl methyl sites for hydroxylation is 2. The molecule has 3 N–H and O–H groups in total. The van der Waals surface area contributed by atoms with Crippen LogP contribution in [0.15, 0.2) is 42.5 Å². The lowest BCUT2D eigenvalue weighted by atomic mass is 9.95. The van der Waals surface area contributed by atoms with E-state index in [9.17, 15) is 9.59 Å². The van der Waals surface area contributed by atoms with Crippen LogP contribution in [-0.2, 0) is 17.6 Å². The first-order valence-corrected chi connectivity index (χ1v) is 10.1. The number of carbonyl (C=O) groups is 2. The van der Waals surface area contributed by atoms with E-state index in [0.717, 1.165) is 29.5 Å². The summed E-state index contributed by atoms with van der Waals surface area (Å²) in [4.78, 5) is 28.4. The minimum atomic E-state index is -0.277. The van der Waals surface area contributed by atoms with Gasteiger partial charge in [0.05, 0.1) is 24.2 Å². The summed E-state index contributed by atoms with van der Waals surface area (Å²) in [5.74, 6) is 0.219. The first-order valence-electron chi connectivity index (χ1n) is 10.1. The second kappa shape index (κ2) is 8.39. The fourth-order valence-corrected chi connectivity index (χ4v) is 3.88. The third kappa shape index (κ3) is 4.11. The highest BCUT2D eigenvalue weighted by Crippen LogP contribution is 2.30. The van der Waals surface area contributed by atoms with Crippen molar-refractivity contribution in [1.82, 2.24) is 10.3 Å². The molecule has 3 aromatic rings. The van der Waals surface area contributed by atoms with E-state index >= 15 is 0 Å². The van der Waals surface area contributed by atoms with Crippen LogP contribution in [-0.4, -0.2) is 29.9 Å². The molecular weight excluding hydrogens is 366 g/mol. The molecule has 0 saturated carbocycles. The zero-order valence-electron chi connectivity index (χ0n) is 16.5. The Bertz CT molecular complexity index is 1040. The molecule has 0 unspecified atom stereocenters. The predicted molar refractivity (Wildman–Crippen MR) is 114 cm³/mol. The van der Waals surface area contributed by atoms with E-state index in [1.165, 1.54) is 24.1 Å². The number of ether oxygens (including phenoxy) is 1. The van der Waals surface area contributed by atoms with Crippen LogP contribution >= 0.6 is 0 Å². The Hall–Kier alpha value is -3.28. The maximum absolute atomic E-state index is 12.7. The van der Waals surface area contributed by atoms with Crippen LogP contribution in [0.25, 0.3) is 10.9 Å². The Morgan fingerprint density at radius 1 is 1.07 bits per heavy atom. The summed E-state index contributed by atoms with van der Waals surface area (Å²) in [6.07, 6.45) is 4.43. The number of para-hydroxylation sites is 1. The molecule has 2 aromatic carbocycles. The Balaban J connectivity index is 1.40. The highest BCUT2D eigenvalue weighted by atomic mass is 16.5. The van der Waals surface area contributed by atoms with Gasteiger partial charge in [0.25, 0.3) is 5.91 Å². The van der Waals surface area contributed by atoms with Crippen molar-refractivity contribution in [1.29, 1.82) is 0 Å². The maximum atomic E-state index is 12.7. The molecule has 29 heavy (non-hydrogen) atoms. The van der Waals surface area contributed by atoms with Crippen molar-refractivity contribution < 1.29 is 14.3 Å². The van der Waals surface area contributed by atoms with Gasteiger partial charge < -0.3 is 20.4 Å². The van der Waals surface area contributed by atoms with Crippen molar-refractivity contribution in [3.8, 4) is 5.75 Å². The second-order valence-electron chi connectivity index (χ2n) is 7.21. The van der Waals surface area contributed by atoms with Gasteiger partial charge in [-0.2, -0.15) is 0 Å². The second-order valence-corrected chi connectivity index (χ2v) is 7.21. The van der Waals surface area contributed by atoms with Gasteiger partial charge in [0.2, 0.25) is 5.91 Å². The van der Waals surface area contributed by atoms with Gasteiger partial charge in [-0.15, -0.1) is 0 Å². The van der Waals surface area contributed by atoms with Crippen LogP contribution in [0, 0.1) is 0 Å². The van der Waals surface area contributed by atoms with Crippen molar-refractivity contribution in [3.63, 3.8) is 0 Å². The first kappa shape index (κ1) is 19.1. The zero-order chi connectivity index (χ0) is 20.2. The van der Waals surface area contributed by atoms with E-state index in [0.29, 0.717) is 17.9 Å². The van der Waals surface area contributed by atoms with Crippen LogP contribution in [0.1, 0.15) is 41.4 Å². The predicted octanol–water partition coefficient (Wildman–Crippen LogP) is 3.81. The highest BCUT2D eigenvalue weighted by molar-refractivity contribution is 6.08. The van der Waals surface area contributed by atoms with Crippen LogP contribution in [0.5, 0.6) is 5.75 Å². The normalized spacial score (nSPS) is 13.0. The van der Waals surface area contributed by atoms with Gasteiger partial charge >= 0.3 is 0 Å². The average Bonchev–Trinajstić information content (AvgIpc) is 3.12. The molecule has 0 bridgehead atoms. The molecule has 6 nitrogen and oxygen atoms in total. The number of anilines is 1. The lowest BCUT2D eigenvalue weighted by molar-refractivity contribution is -0.115. The number of benzene rings is 2. The fraction of sp³-hybridized carbons (Fsp3) is 0.304. The summed E-state index contributed by atoms with van der Waals surface area (Å²) in [5, 5.41) is 6.62. The third-order valence-corrected chi connectivity index (χ3v) is 5.24. The van der Waals surface area contributed by atoms with Crippen molar-refractivity contribution in [2.75, 3.05) is 18.5 Å². The number of carbonyl (C=O) groups excluding carboxylic acids is 2. The Kier molecular flexibility index (Phi) is 5.51. The van der Waals surface area contributed by atoms with Gasteiger partial charge in [-0.3, -0.25) is 9.59 Å². The summed E-state index contributed by atoms with van der Waals surface area (Å²) < 4.78 is 5.39. The van der Waals surface area contributed by atoms with Gasteiger partial charge in [0, 0.05) is 16.8 Å². The van der Waals surface area contributed by atoms with E-state index in [2.05, 4.69) is 21.7 Å². The summed E-state index contributed by atoms with van der Waals surface area (Å²) in [5.41, 5.74) is 4.66. The third-order valence-electron chi connectivity index (χ3n) is 5.24. The van der Waals surface area contributed by atoms with Gasteiger partial charge in [0.1, 0.15) is 5.75 Å². The van der Waals surface area contributed by atoms with Gasteiger partial charge in [0.15, 0.2) is 0 Å². The molecule has 1 aliphatic carbocycles. The number of nitrogens with one attached hydrogen (secondary N) is 3. The molecule has 0 aliphatic heterocycles. The monoisotopic (exact) mass is 391 g/mol. The summed E-state index contributed by atoms with van der Waals surface area (Å²) in [6.45, 7) is 2.42. The number of hydrogen-bond acceptors (Lipinski definition) is 3. The minimum absolute atomic E-state index is 0.0944. The van der Waals surface area contributed by atoms with Crippen molar-refractivity contribution in [2.45, 2.75) is 32.6 Å². The number of hydrogen-bond donors (Lipinski definition) is 3. The van der Waals surface area contributed by atoms with Crippen molar-refractivity contribution in [3.05, 3.63) is 59.3 Å². The lowest BCUT2D eigenvalue weighted by Crippen LogP contribution is -2.33. The van der Waals surface area contributed by atoms with Gasteiger partial charge in [-0.25, -0.2) is 0 Å². The van der Waals surface area contributed by atoms with Crippen LogP contribution in [0.4, 0.5) is 5.69 Å². The molecule has 4 rings (SSSR count). The van der Waals surface area contributed by atoms with Crippen molar-refractivity contribution in [2.24, 2.45) is 0 Å². The van der Waals surface area contributed by atoms with E-state index < -0.39 is 0 Å². The fourth-order valence-electron chi connectivity index (χ4n) is 3.88. The highest BCUT2D eigenvalue weighted by Gasteiger charge is 2.19. The topological polar surface area (TPSA) is 83.2 Å². The maximum Gasteiger partial charge on any atom is 0.253 e. The molecule has 0 fully saturated rings. The molecule has 1 aliphatic rings. The Morgan fingerprint density at radius 2 is 1.86 bits per heavy atom. The molecule has 6 heteroatoms. The number of aromatic amines is 1. The van der Waals surface area contributed by atoms with E-state index in [4.69, 9.17) is 4.74 Å². The quantitative estimate of drug-likeness (QED) is 0.597. The average molecular weight is 391 g/mol. The van der Waals surface area contributed by atoms with Gasteiger partial charge in [-0.1, -0.05) is 12.1 Å². The number of H-pyrrole nitrogens is 1. The van der Waals surface area contributed by atoms with Crippen LogP contribution in [0.3, 0.4) is 0 Å². The molecule has 1 aromatic heterocycles. The number of fused-ring (bicyclic) bond motifs is 3. The molecule has 2 amide bonds. The molecular formula is C23H25N3O3.